The van der Waals surface area contributed by atoms with Gasteiger partial charge in [-0.1, -0.05) is 68.4 Å². The minimum Gasteiger partial charge on any atom is -0.0620 e. The first kappa shape index (κ1) is 17.9. The van der Waals surface area contributed by atoms with Crippen LogP contribution in [0.2, 0.25) is 0 Å². The lowest BCUT2D eigenvalue weighted by Crippen LogP contribution is -2.38. The Balaban J connectivity index is 2.42. The molecular formula is C24H28P+. The summed E-state index contributed by atoms with van der Waals surface area (Å²) < 4.78 is 0. The van der Waals surface area contributed by atoms with E-state index in [0.717, 1.165) is 0 Å². The molecule has 128 valence electrons. The van der Waals surface area contributed by atoms with Gasteiger partial charge in [-0.05, 0) is 55.7 Å². The molecule has 0 N–H and O–H groups in total. The second-order valence-corrected chi connectivity index (χ2v) is 11.2. The summed E-state index contributed by atoms with van der Waals surface area (Å²) in [4.78, 5) is 0. The van der Waals surface area contributed by atoms with Crippen LogP contribution in [0.1, 0.15) is 39.2 Å². The molecule has 0 aliphatic carbocycles. The van der Waals surface area contributed by atoms with Gasteiger partial charge in [0, 0.05) is 0 Å². The molecule has 0 atom stereocenters. The lowest BCUT2D eigenvalue weighted by atomic mass is 10.0. The Bertz CT molecular complexity index is 764. The standard InChI is InChI=1S/C24H28P/c1-19(2)23-17-11-12-18-24(23)25(20(3)4,21-13-7-5-8-14-21)22-15-9-6-10-16-22/h5-20H,1-4H3/q+1. The zero-order chi connectivity index (χ0) is 17.9. The van der Waals surface area contributed by atoms with Crippen LogP contribution >= 0.6 is 7.26 Å². The second kappa shape index (κ2) is 7.54. The van der Waals surface area contributed by atoms with E-state index < -0.39 is 7.26 Å². The van der Waals surface area contributed by atoms with E-state index in [2.05, 4.69) is 113 Å². The highest BCUT2D eigenvalue weighted by Crippen LogP contribution is 2.60. The molecule has 3 aromatic carbocycles. The van der Waals surface area contributed by atoms with Crippen LogP contribution in [-0.4, -0.2) is 5.66 Å². The summed E-state index contributed by atoms with van der Waals surface area (Å²) in [5.41, 5.74) is 2.02. The summed E-state index contributed by atoms with van der Waals surface area (Å²) in [7, 11) is -1.72. The molecule has 0 unspecified atom stereocenters. The van der Waals surface area contributed by atoms with Crippen molar-refractivity contribution in [3.05, 3.63) is 90.5 Å². The predicted molar refractivity (Wildman–Crippen MR) is 114 cm³/mol. The Kier molecular flexibility index (Phi) is 5.40. The third kappa shape index (κ3) is 3.16. The van der Waals surface area contributed by atoms with Crippen LogP contribution in [0.4, 0.5) is 0 Å². The first-order chi connectivity index (χ1) is 12.1. The summed E-state index contributed by atoms with van der Waals surface area (Å²) in [6.07, 6.45) is 0. The number of rotatable bonds is 5. The van der Waals surface area contributed by atoms with E-state index in [9.17, 15) is 0 Å². The van der Waals surface area contributed by atoms with E-state index in [1.165, 1.54) is 21.5 Å². The van der Waals surface area contributed by atoms with Crippen molar-refractivity contribution >= 4 is 23.2 Å². The minimum atomic E-state index is -1.72. The van der Waals surface area contributed by atoms with E-state index in [1.54, 1.807) is 0 Å². The van der Waals surface area contributed by atoms with Gasteiger partial charge in [0.05, 0.1) is 5.66 Å². The molecule has 1 heteroatoms. The highest BCUT2D eigenvalue weighted by atomic mass is 31.2. The van der Waals surface area contributed by atoms with Crippen LogP contribution in [0.15, 0.2) is 84.9 Å². The third-order valence-corrected chi connectivity index (χ3v) is 9.98. The van der Waals surface area contributed by atoms with Gasteiger partial charge < -0.3 is 0 Å². The van der Waals surface area contributed by atoms with E-state index in [0.29, 0.717) is 11.6 Å². The Morgan fingerprint density at radius 3 is 1.44 bits per heavy atom. The van der Waals surface area contributed by atoms with Crippen LogP contribution in [0.3, 0.4) is 0 Å². The molecule has 3 aromatic rings. The normalized spacial score (nSPS) is 11.9. The monoisotopic (exact) mass is 347 g/mol. The average Bonchev–Trinajstić information content (AvgIpc) is 2.64. The van der Waals surface area contributed by atoms with Crippen molar-refractivity contribution in [3.8, 4) is 0 Å². The zero-order valence-corrected chi connectivity index (χ0v) is 16.6. The maximum absolute atomic E-state index is 2.39. The molecular weight excluding hydrogens is 319 g/mol. The topological polar surface area (TPSA) is 0 Å². The van der Waals surface area contributed by atoms with Crippen molar-refractivity contribution in [2.75, 3.05) is 0 Å². The Labute approximate surface area is 153 Å². The molecule has 0 bridgehead atoms. The van der Waals surface area contributed by atoms with Crippen molar-refractivity contribution in [1.82, 2.24) is 0 Å². The fraction of sp³-hybridized carbons (Fsp3) is 0.250. The van der Waals surface area contributed by atoms with Crippen molar-refractivity contribution in [2.45, 2.75) is 39.3 Å². The largest absolute Gasteiger partial charge is 0.114 e. The van der Waals surface area contributed by atoms with Gasteiger partial charge in [0.25, 0.3) is 0 Å². The molecule has 0 saturated heterocycles. The molecule has 3 rings (SSSR count). The quantitative estimate of drug-likeness (QED) is 0.534. The predicted octanol–water partition coefficient (Wildman–Crippen LogP) is 5.51. The molecule has 0 aliphatic rings. The van der Waals surface area contributed by atoms with Gasteiger partial charge in [-0.15, -0.1) is 0 Å². The van der Waals surface area contributed by atoms with Crippen molar-refractivity contribution < 1.29 is 0 Å². The first-order valence-corrected chi connectivity index (χ1v) is 11.0. The molecule has 0 spiro atoms. The Hall–Kier alpha value is -1.91. The summed E-state index contributed by atoms with van der Waals surface area (Å²) in [6, 6.07) is 31.4. The van der Waals surface area contributed by atoms with Crippen LogP contribution in [0, 0.1) is 0 Å². The number of hydrogen-bond donors (Lipinski definition) is 0. The molecule has 0 radical (unpaired) electrons. The maximum Gasteiger partial charge on any atom is 0.114 e. The second-order valence-electron chi connectivity index (χ2n) is 7.20. The van der Waals surface area contributed by atoms with Crippen LogP contribution in [0.25, 0.3) is 0 Å². The molecule has 0 nitrogen and oxygen atoms in total. The zero-order valence-electron chi connectivity index (χ0n) is 15.7. The summed E-state index contributed by atoms with van der Waals surface area (Å²) in [6.45, 7) is 9.41. The van der Waals surface area contributed by atoms with Gasteiger partial charge in [-0.25, -0.2) is 0 Å². The van der Waals surface area contributed by atoms with E-state index in [4.69, 9.17) is 0 Å². The van der Waals surface area contributed by atoms with Crippen LogP contribution in [0.5, 0.6) is 0 Å². The van der Waals surface area contributed by atoms with Gasteiger partial charge in [-0.3, -0.25) is 0 Å². The van der Waals surface area contributed by atoms with Crippen LogP contribution in [-0.2, 0) is 0 Å². The number of hydrogen-bond acceptors (Lipinski definition) is 0. The molecule has 0 fully saturated rings. The van der Waals surface area contributed by atoms with Gasteiger partial charge >= 0.3 is 0 Å². The minimum absolute atomic E-state index is 0.516. The van der Waals surface area contributed by atoms with Gasteiger partial charge in [0.2, 0.25) is 0 Å². The SMILES string of the molecule is CC(C)c1ccccc1[P+](c1ccccc1)(c1ccccc1)C(C)C. The molecule has 25 heavy (non-hydrogen) atoms. The summed E-state index contributed by atoms with van der Waals surface area (Å²) in [5.74, 6) is 0.516. The van der Waals surface area contributed by atoms with Gasteiger partial charge in [0.1, 0.15) is 23.2 Å². The highest BCUT2D eigenvalue weighted by Gasteiger charge is 2.49. The fourth-order valence-corrected chi connectivity index (χ4v) is 8.87. The smallest absolute Gasteiger partial charge is 0.0620 e. The van der Waals surface area contributed by atoms with Crippen molar-refractivity contribution in [1.29, 1.82) is 0 Å². The third-order valence-electron chi connectivity index (χ3n) is 5.04. The fourth-order valence-electron chi connectivity index (χ4n) is 3.92. The number of benzene rings is 3. The molecule has 0 saturated carbocycles. The van der Waals surface area contributed by atoms with Crippen molar-refractivity contribution in [3.63, 3.8) is 0 Å². The van der Waals surface area contributed by atoms with Gasteiger partial charge in [0.15, 0.2) is 0 Å². The first-order valence-electron chi connectivity index (χ1n) is 9.18. The molecule has 0 heterocycles. The van der Waals surface area contributed by atoms with Gasteiger partial charge in [-0.2, -0.15) is 0 Å². The molecule has 0 aliphatic heterocycles. The summed E-state index contributed by atoms with van der Waals surface area (Å²) >= 11 is 0. The average molecular weight is 347 g/mol. The van der Waals surface area contributed by atoms with E-state index >= 15 is 0 Å². The Morgan fingerprint density at radius 1 is 0.560 bits per heavy atom. The lowest BCUT2D eigenvalue weighted by Gasteiger charge is -2.33. The highest BCUT2D eigenvalue weighted by molar-refractivity contribution is 7.96. The maximum atomic E-state index is 2.39. The van der Waals surface area contributed by atoms with E-state index in [-0.39, 0.29) is 0 Å². The molecule has 0 amide bonds. The van der Waals surface area contributed by atoms with E-state index in [1.807, 2.05) is 0 Å². The summed E-state index contributed by atoms with van der Waals surface area (Å²) in [5, 5.41) is 4.49. The van der Waals surface area contributed by atoms with Crippen molar-refractivity contribution in [2.24, 2.45) is 0 Å². The lowest BCUT2D eigenvalue weighted by molar-refractivity contribution is 0.873. The Morgan fingerprint density at radius 2 is 1.00 bits per heavy atom. The van der Waals surface area contributed by atoms with Crippen LogP contribution < -0.4 is 15.9 Å². The molecule has 0 aromatic heterocycles.